The zero-order valence-electron chi connectivity index (χ0n) is 22.7. The number of piperidine rings is 1. The molecule has 4 atom stereocenters. The van der Waals surface area contributed by atoms with Gasteiger partial charge in [-0.25, -0.2) is 8.78 Å². The quantitative estimate of drug-likeness (QED) is 0.524. The maximum absolute atomic E-state index is 15.5. The monoisotopic (exact) mass is 501 g/mol. The Morgan fingerprint density at radius 3 is 2.19 bits per heavy atom. The van der Waals surface area contributed by atoms with Gasteiger partial charge in [0.1, 0.15) is 0 Å². The third kappa shape index (κ3) is 4.97. The molecule has 6 heteroatoms. The minimum absolute atomic E-state index is 0.0112. The summed E-state index contributed by atoms with van der Waals surface area (Å²) in [5, 5.41) is 0. The van der Waals surface area contributed by atoms with Crippen molar-refractivity contribution in [2.75, 3.05) is 26.2 Å². The second-order valence-corrected chi connectivity index (χ2v) is 12.7. The van der Waals surface area contributed by atoms with Crippen molar-refractivity contribution in [3.63, 3.8) is 0 Å². The number of piperazine rings is 1. The summed E-state index contributed by atoms with van der Waals surface area (Å²) in [7, 11) is 0. The van der Waals surface area contributed by atoms with Gasteiger partial charge in [-0.05, 0) is 70.3 Å². The Morgan fingerprint density at radius 2 is 1.61 bits per heavy atom. The maximum Gasteiger partial charge on any atom is 0.252 e. The average molecular weight is 502 g/mol. The number of hydrogen-bond acceptors (Lipinski definition) is 3. The summed E-state index contributed by atoms with van der Waals surface area (Å²) < 4.78 is 30.9. The number of amides is 1. The molecular weight excluding hydrogens is 456 g/mol. The molecule has 4 nitrogen and oxygen atoms in total. The number of nitrogens with zero attached hydrogens (tertiary/aromatic N) is 3. The standard InChI is InChI=1S/C30H45F2N3O/c1-21(2)34-19-24-11-12-25(20-34)35(24)27-6-5-13-30(31,32)26(27)18-28(36)33-16-14-29(4,15-17-33)23-9-7-22(3)8-10-23/h7-10,21,24-27H,5-6,11-20H2,1-4H3/t24?,25?,26-,27+/m1/s1. The largest absolute Gasteiger partial charge is 0.343 e. The molecule has 200 valence electrons. The predicted octanol–water partition coefficient (Wildman–Crippen LogP) is 5.63. The van der Waals surface area contributed by atoms with Gasteiger partial charge >= 0.3 is 0 Å². The van der Waals surface area contributed by atoms with Gasteiger partial charge in [-0.15, -0.1) is 0 Å². The lowest BCUT2D eigenvalue weighted by atomic mass is 9.74. The van der Waals surface area contributed by atoms with E-state index in [9.17, 15) is 4.79 Å². The highest BCUT2D eigenvalue weighted by Crippen LogP contribution is 2.47. The first-order valence-electron chi connectivity index (χ1n) is 14.3. The van der Waals surface area contributed by atoms with Crippen molar-refractivity contribution in [2.24, 2.45) is 5.92 Å². The van der Waals surface area contributed by atoms with E-state index < -0.39 is 11.8 Å². The Labute approximate surface area is 216 Å². The molecule has 3 heterocycles. The SMILES string of the molecule is Cc1ccc(C2(C)CCN(C(=O)C[C@@H]3[C@@H](N4C5CCC4CN(C(C)C)C5)CCCC3(F)F)CC2)cc1. The maximum atomic E-state index is 15.5. The molecule has 3 aliphatic heterocycles. The zero-order valence-corrected chi connectivity index (χ0v) is 22.7. The molecular formula is C30H45F2N3O. The number of carbonyl (C=O) groups is 1. The molecule has 4 fully saturated rings. The molecule has 36 heavy (non-hydrogen) atoms. The molecule has 0 radical (unpaired) electrons. The van der Waals surface area contributed by atoms with E-state index in [2.05, 4.69) is 61.8 Å². The molecule has 0 spiro atoms. The average Bonchev–Trinajstić information content (AvgIpc) is 3.09. The van der Waals surface area contributed by atoms with Gasteiger partial charge in [0.2, 0.25) is 5.91 Å². The van der Waals surface area contributed by atoms with Gasteiger partial charge < -0.3 is 4.90 Å². The minimum Gasteiger partial charge on any atom is -0.343 e. The van der Waals surface area contributed by atoms with Crippen LogP contribution in [-0.2, 0) is 10.2 Å². The van der Waals surface area contributed by atoms with E-state index in [1.54, 1.807) is 0 Å². The smallest absolute Gasteiger partial charge is 0.252 e. The molecule has 4 aliphatic rings. The second kappa shape index (κ2) is 9.98. The van der Waals surface area contributed by atoms with E-state index in [0.29, 0.717) is 37.6 Å². The Bertz CT molecular complexity index is 911. The van der Waals surface area contributed by atoms with Crippen molar-refractivity contribution in [3.8, 4) is 0 Å². The molecule has 1 amide bonds. The number of benzene rings is 1. The fourth-order valence-corrected chi connectivity index (χ4v) is 7.60. The van der Waals surface area contributed by atoms with E-state index in [1.807, 2.05) is 4.90 Å². The third-order valence-electron chi connectivity index (χ3n) is 10.1. The lowest BCUT2D eigenvalue weighted by Crippen LogP contribution is -2.62. The van der Waals surface area contributed by atoms with E-state index in [4.69, 9.17) is 0 Å². The Balaban J connectivity index is 1.26. The van der Waals surface area contributed by atoms with Crippen LogP contribution in [-0.4, -0.2) is 76.9 Å². The topological polar surface area (TPSA) is 26.8 Å². The van der Waals surface area contributed by atoms with Crippen molar-refractivity contribution in [1.82, 2.24) is 14.7 Å². The lowest BCUT2D eigenvalue weighted by molar-refractivity contribution is -0.155. The van der Waals surface area contributed by atoms with E-state index in [0.717, 1.165) is 45.2 Å². The molecule has 2 bridgehead atoms. The fraction of sp³-hybridized carbons (Fsp3) is 0.767. The minimum atomic E-state index is -2.76. The molecule has 2 unspecified atom stereocenters. The van der Waals surface area contributed by atoms with Crippen LogP contribution in [0.5, 0.6) is 0 Å². The Morgan fingerprint density at radius 1 is 1.00 bits per heavy atom. The molecule has 1 aliphatic carbocycles. The number of hydrogen-bond donors (Lipinski definition) is 0. The molecule has 1 aromatic rings. The third-order valence-corrected chi connectivity index (χ3v) is 10.1. The summed E-state index contributed by atoms with van der Waals surface area (Å²) >= 11 is 0. The molecule has 1 aromatic carbocycles. The molecule has 0 N–H and O–H groups in total. The van der Waals surface area contributed by atoms with Crippen molar-refractivity contribution in [3.05, 3.63) is 35.4 Å². The number of rotatable bonds is 5. The van der Waals surface area contributed by atoms with Crippen molar-refractivity contribution >= 4 is 5.91 Å². The number of aryl methyl sites for hydroxylation is 1. The van der Waals surface area contributed by atoms with Crippen molar-refractivity contribution < 1.29 is 13.6 Å². The van der Waals surface area contributed by atoms with Crippen LogP contribution in [0.25, 0.3) is 0 Å². The van der Waals surface area contributed by atoms with E-state index >= 15 is 8.78 Å². The van der Waals surface area contributed by atoms with Crippen LogP contribution >= 0.6 is 0 Å². The van der Waals surface area contributed by atoms with Gasteiger partial charge in [-0.3, -0.25) is 14.6 Å². The first kappa shape index (κ1) is 26.1. The lowest BCUT2D eigenvalue weighted by Gasteiger charge is -2.51. The van der Waals surface area contributed by atoms with Crippen LogP contribution < -0.4 is 0 Å². The van der Waals surface area contributed by atoms with Gasteiger partial charge in [-0.2, -0.15) is 0 Å². The number of likely N-dealkylation sites (tertiary alicyclic amines) is 2. The van der Waals surface area contributed by atoms with Gasteiger partial charge in [0.05, 0.1) is 0 Å². The van der Waals surface area contributed by atoms with Crippen LogP contribution in [0.4, 0.5) is 8.78 Å². The molecule has 5 rings (SSSR count). The van der Waals surface area contributed by atoms with E-state index in [-0.39, 0.29) is 30.2 Å². The number of fused-ring (bicyclic) bond motifs is 2. The summed E-state index contributed by atoms with van der Waals surface area (Å²) in [6.07, 6.45) is 5.23. The molecule has 0 aromatic heterocycles. The van der Waals surface area contributed by atoms with Crippen LogP contribution in [0.2, 0.25) is 0 Å². The first-order valence-corrected chi connectivity index (χ1v) is 14.3. The highest BCUT2D eigenvalue weighted by molar-refractivity contribution is 5.77. The Kier molecular flexibility index (Phi) is 7.23. The van der Waals surface area contributed by atoms with Crippen molar-refractivity contribution in [2.45, 2.75) is 115 Å². The van der Waals surface area contributed by atoms with Gasteiger partial charge in [0.25, 0.3) is 5.92 Å². The summed E-state index contributed by atoms with van der Waals surface area (Å²) in [6, 6.07) is 9.73. The summed E-state index contributed by atoms with van der Waals surface area (Å²) in [5.74, 6) is -3.69. The summed E-state index contributed by atoms with van der Waals surface area (Å²) in [4.78, 5) is 20.3. The van der Waals surface area contributed by atoms with Crippen LogP contribution in [0.1, 0.15) is 83.3 Å². The summed E-state index contributed by atoms with van der Waals surface area (Å²) in [5.41, 5.74) is 2.60. The Hall–Kier alpha value is -1.53. The van der Waals surface area contributed by atoms with E-state index in [1.165, 1.54) is 11.1 Å². The fourth-order valence-electron chi connectivity index (χ4n) is 7.60. The normalized spacial score (nSPS) is 32.7. The second-order valence-electron chi connectivity index (χ2n) is 12.7. The van der Waals surface area contributed by atoms with Crippen LogP contribution in [0.3, 0.4) is 0 Å². The van der Waals surface area contributed by atoms with Gasteiger partial charge in [0, 0.05) is 69.1 Å². The predicted molar refractivity (Wildman–Crippen MR) is 140 cm³/mol. The first-order chi connectivity index (χ1) is 17.1. The summed E-state index contributed by atoms with van der Waals surface area (Å²) in [6.45, 7) is 12.1. The molecule has 3 saturated heterocycles. The highest BCUT2D eigenvalue weighted by Gasteiger charge is 2.54. The number of alkyl halides is 2. The van der Waals surface area contributed by atoms with Crippen molar-refractivity contribution in [1.29, 1.82) is 0 Å². The van der Waals surface area contributed by atoms with Crippen LogP contribution in [0.15, 0.2) is 24.3 Å². The van der Waals surface area contributed by atoms with Crippen LogP contribution in [0, 0.1) is 12.8 Å². The molecule has 1 saturated carbocycles. The zero-order chi connectivity index (χ0) is 25.7. The van der Waals surface area contributed by atoms with Gasteiger partial charge in [0.15, 0.2) is 0 Å². The van der Waals surface area contributed by atoms with Gasteiger partial charge in [-0.1, -0.05) is 36.8 Å². The number of carbonyl (C=O) groups excluding carboxylic acids is 1. The number of halogens is 2. The highest BCUT2D eigenvalue weighted by atomic mass is 19.3.